The molecule has 1 aromatic heterocycles. The minimum absolute atomic E-state index is 0.0235. The lowest BCUT2D eigenvalue weighted by Gasteiger charge is -2.39. The van der Waals surface area contributed by atoms with Crippen molar-refractivity contribution in [1.82, 2.24) is 9.88 Å². The first kappa shape index (κ1) is 27.6. The number of hydrogen-bond donors (Lipinski definition) is 1. The number of likely N-dealkylation sites (tertiary alicyclic amines) is 1. The van der Waals surface area contributed by atoms with Gasteiger partial charge in [0.2, 0.25) is 5.82 Å². The molecule has 0 amide bonds. The number of pyridine rings is 1. The maximum absolute atomic E-state index is 15.7. The van der Waals surface area contributed by atoms with E-state index in [1.54, 1.807) is 31.3 Å². The Hall–Kier alpha value is -3.40. The SMILES string of the molecule is COc1ccc2ncc(C)c([C@@H](F)CCC3(C(=O)O)CCN(CCOc4cc(F)cc(F)c4F)CC3)c2c1. The summed E-state index contributed by atoms with van der Waals surface area (Å²) in [6.07, 6.45) is 1.06. The Balaban J connectivity index is 1.37. The number of nitrogens with zero attached hydrogens (tertiary/aromatic N) is 2. The van der Waals surface area contributed by atoms with Gasteiger partial charge in [-0.05, 0) is 75.0 Å². The Morgan fingerprint density at radius 1 is 1.18 bits per heavy atom. The summed E-state index contributed by atoms with van der Waals surface area (Å²) in [5, 5.41) is 10.7. The van der Waals surface area contributed by atoms with Gasteiger partial charge in [-0.15, -0.1) is 0 Å². The van der Waals surface area contributed by atoms with Crippen LogP contribution in [0.4, 0.5) is 17.6 Å². The first-order valence-electron chi connectivity index (χ1n) is 12.4. The summed E-state index contributed by atoms with van der Waals surface area (Å²) >= 11 is 0. The van der Waals surface area contributed by atoms with Crippen LogP contribution in [-0.2, 0) is 4.79 Å². The summed E-state index contributed by atoms with van der Waals surface area (Å²) in [7, 11) is 1.53. The molecule has 6 nitrogen and oxygen atoms in total. The number of aliphatic carboxylic acids is 1. The number of benzene rings is 2. The zero-order chi connectivity index (χ0) is 27.4. The number of hydrogen-bond acceptors (Lipinski definition) is 5. The molecule has 1 atom stereocenters. The highest BCUT2D eigenvalue weighted by atomic mass is 19.2. The van der Waals surface area contributed by atoms with Gasteiger partial charge in [0, 0.05) is 30.3 Å². The lowest BCUT2D eigenvalue weighted by Crippen LogP contribution is -2.45. The number of alkyl halides is 1. The molecule has 3 aromatic rings. The molecule has 0 radical (unpaired) electrons. The minimum Gasteiger partial charge on any atom is -0.497 e. The van der Waals surface area contributed by atoms with Crippen molar-refractivity contribution in [3.05, 3.63) is 65.1 Å². The van der Waals surface area contributed by atoms with E-state index in [9.17, 15) is 23.1 Å². The molecule has 204 valence electrons. The van der Waals surface area contributed by atoms with Gasteiger partial charge in [-0.3, -0.25) is 14.7 Å². The van der Waals surface area contributed by atoms with Gasteiger partial charge in [-0.2, -0.15) is 4.39 Å². The number of rotatable bonds is 10. The van der Waals surface area contributed by atoms with Crippen LogP contribution in [0.25, 0.3) is 10.9 Å². The van der Waals surface area contributed by atoms with E-state index >= 15 is 4.39 Å². The summed E-state index contributed by atoms with van der Waals surface area (Å²) < 4.78 is 66.6. The van der Waals surface area contributed by atoms with Crippen molar-refractivity contribution >= 4 is 16.9 Å². The highest BCUT2D eigenvalue weighted by Crippen LogP contribution is 2.41. The molecule has 1 N–H and O–H groups in total. The zero-order valence-corrected chi connectivity index (χ0v) is 21.3. The molecule has 1 aliphatic rings. The van der Waals surface area contributed by atoms with E-state index in [0.29, 0.717) is 66.3 Å². The number of carbonyl (C=O) groups is 1. The molecule has 1 aliphatic heterocycles. The van der Waals surface area contributed by atoms with E-state index in [1.807, 2.05) is 4.90 Å². The normalized spacial score (nSPS) is 16.4. The number of fused-ring (bicyclic) bond motifs is 1. The van der Waals surface area contributed by atoms with Crippen LogP contribution < -0.4 is 9.47 Å². The topological polar surface area (TPSA) is 71.9 Å². The third-order valence-electron chi connectivity index (χ3n) is 7.40. The standard InChI is InChI=1S/C28H30F4N2O4/c1-17-16-33-23-4-3-19(37-2)15-20(23)25(17)21(30)5-6-28(27(35)36)7-9-34(10-8-28)11-12-38-24-14-18(29)13-22(31)26(24)32/h3-4,13-16,21H,5-12H2,1-2H3,(H,35,36)/t21-/m0/s1. The molecule has 2 heterocycles. The molecule has 0 saturated carbocycles. The third kappa shape index (κ3) is 5.85. The molecule has 4 rings (SSSR count). The predicted molar refractivity (Wildman–Crippen MR) is 134 cm³/mol. The minimum atomic E-state index is -1.38. The van der Waals surface area contributed by atoms with E-state index in [4.69, 9.17) is 9.47 Å². The molecule has 1 saturated heterocycles. The second-order valence-corrected chi connectivity index (χ2v) is 9.72. The Kier molecular flexibility index (Phi) is 8.40. The predicted octanol–water partition coefficient (Wildman–Crippen LogP) is 6.01. The molecule has 0 aliphatic carbocycles. The summed E-state index contributed by atoms with van der Waals surface area (Å²) in [6.45, 7) is 2.92. The Labute approximate surface area is 218 Å². The maximum atomic E-state index is 15.7. The van der Waals surface area contributed by atoms with Crippen LogP contribution in [0.3, 0.4) is 0 Å². The quantitative estimate of drug-likeness (QED) is 0.254. The Morgan fingerprint density at radius 2 is 1.92 bits per heavy atom. The lowest BCUT2D eigenvalue weighted by atomic mass is 9.74. The van der Waals surface area contributed by atoms with E-state index in [-0.39, 0.29) is 19.4 Å². The van der Waals surface area contributed by atoms with Crippen LogP contribution in [0.1, 0.15) is 43.0 Å². The molecular formula is C28H30F4N2O4. The monoisotopic (exact) mass is 534 g/mol. The lowest BCUT2D eigenvalue weighted by molar-refractivity contribution is -0.153. The third-order valence-corrected chi connectivity index (χ3v) is 7.40. The summed E-state index contributed by atoms with van der Waals surface area (Å²) in [4.78, 5) is 18.6. The summed E-state index contributed by atoms with van der Waals surface area (Å²) in [6, 6.07) is 6.49. The number of aryl methyl sites for hydroxylation is 1. The molecular weight excluding hydrogens is 504 g/mol. The highest BCUT2D eigenvalue weighted by molar-refractivity contribution is 5.85. The number of ether oxygens (including phenoxy) is 2. The van der Waals surface area contributed by atoms with Gasteiger partial charge in [0.1, 0.15) is 24.3 Å². The number of halogens is 4. The molecule has 38 heavy (non-hydrogen) atoms. The van der Waals surface area contributed by atoms with Gasteiger partial charge >= 0.3 is 5.97 Å². The largest absolute Gasteiger partial charge is 0.497 e. The van der Waals surface area contributed by atoms with Gasteiger partial charge in [0.25, 0.3) is 0 Å². The average molecular weight is 535 g/mol. The summed E-state index contributed by atoms with van der Waals surface area (Å²) in [5.41, 5.74) is 0.740. The van der Waals surface area contributed by atoms with Crippen molar-refractivity contribution in [2.45, 2.75) is 38.8 Å². The van der Waals surface area contributed by atoms with Gasteiger partial charge in [-0.1, -0.05) is 0 Å². The summed E-state index contributed by atoms with van der Waals surface area (Å²) in [5.74, 6) is -4.41. The Morgan fingerprint density at radius 3 is 2.61 bits per heavy atom. The van der Waals surface area contributed by atoms with Crippen LogP contribution >= 0.6 is 0 Å². The van der Waals surface area contributed by atoms with Crippen LogP contribution in [-0.4, -0.2) is 54.3 Å². The van der Waals surface area contributed by atoms with Crippen LogP contribution in [0, 0.1) is 29.8 Å². The first-order valence-corrected chi connectivity index (χ1v) is 12.4. The molecule has 1 fully saturated rings. The van der Waals surface area contributed by atoms with Gasteiger partial charge < -0.3 is 14.6 Å². The van der Waals surface area contributed by atoms with Crippen molar-refractivity contribution in [1.29, 1.82) is 0 Å². The van der Waals surface area contributed by atoms with Crippen molar-refractivity contribution in [2.24, 2.45) is 5.41 Å². The second-order valence-electron chi connectivity index (χ2n) is 9.72. The van der Waals surface area contributed by atoms with E-state index in [1.165, 1.54) is 7.11 Å². The first-order chi connectivity index (χ1) is 18.1. The van der Waals surface area contributed by atoms with Crippen molar-refractivity contribution in [2.75, 3.05) is 33.4 Å². The van der Waals surface area contributed by atoms with E-state index in [0.717, 1.165) is 6.07 Å². The number of piperidine rings is 1. The maximum Gasteiger partial charge on any atom is 0.309 e. The fraction of sp³-hybridized carbons (Fsp3) is 0.429. The molecule has 2 aromatic carbocycles. The van der Waals surface area contributed by atoms with E-state index < -0.39 is 40.8 Å². The van der Waals surface area contributed by atoms with Crippen LogP contribution in [0.15, 0.2) is 36.5 Å². The van der Waals surface area contributed by atoms with Crippen molar-refractivity contribution in [3.8, 4) is 11.5 Å². The fourth-order valence-electron chi connectivity index (χ4n) is 5.08. The Bertz CT molecular complexity index is 1310. The average Bonchev–Trinajstić information content (AvgIpc) is 2.90. The molecule has 0 unspecified atom stereocenters. The molecule has 10 heteroatoms. The van der Waals surface area contributed by atoms with Crippen molar-refractivity contribution < 1.29 is 36.9 Å². The van der Waals surface area contributed by atoms with Crippen LogP contribution in [0.2, 0.25) is 0 Å². The van der Waals surface area contributed by atoms with Gasteiger partial charge in [0.15, 0.2) is 11.6 Å². The highest BCUT2D eigenvalue weighted by Gasteiger charge is 2.41. The van der Waals surface area contributed by atoms with Gasteiger partial charge in [0.05, 0.1) is 18.0 Å². The molecule has 0 spiro atoms. The van der Waals surface area contributed by atoms with Crippen molar-refractivity contribution in [3.63, 3.8) is 0 Å². The zero-order valence-electron chi connectivity index (χ0n) is 21.3. The second kappa shape index (κ2) is 11.6. The number of methoxy groups -OCH3 is 1. The van der Waals surface area contributed by atoms with Gasteiger partial charge in [-0.25, -0.2) is 13.2 Å². The van der Waals surface area contributed by atoms with E-state index in [2.05, 4.69) is 4.98 Å². The molecule has 0 bridgehead atoms. The smallest absolute Gasteiger partial charge is 0.309 e. The number of carboxylic acids is 1. The van der Waals surface area contributed by atoms with Crippen LogP contribution in [0.5, 0.6) is 11.5 Å². The number of aromatic nitrogens is 1. The fourth-order valence-corrected chi connectivity index (χ4v) is 5.08. The number of carboxylic acid groups (broad SMARTS) is 1.